The molecule has 2 amide bonds. The maximum atomic E-state index is 13.3. The zero-order valence-electron chi connectivity index (χ0n) is 21.7. The molecule has 9 nitrogen and oxygen atoms in total. The maximum Gasteiger partial charge on any atom is 0.242 e. The molecule has 2 aromatic rings. The van der Waals surface area contributed by atoms with Gasteiger partial charge in [0.25, 0.3) is 0 Å². The smallest absolute Gasteiger partial charge is 0.242 e. The quantitative estimate of drug-likeness (QED) is 0.543. The van der Waals surface area contributed by atoms with Gasteiger partial charge in [0, 0.05) is 50.8 Å². The highest BCUT2D eigenvalue weighted by atomic mass is 16.5. The number of nitrogens with zero attached hydrogens (tertiary/aromatic N) is 5. The molecule has 5 rings (SSSR count). The van der Waals surface area contributed by atoms with Gasteiger partial charge >= 0.3 is 0 Å². The highest BCUT2D eigenvalue weighted by Crippen LogP contribution is 2.29. The Bertz CT molecular complexity index is 1070. The summed E-state index contributed by atoms with van der Waals surface area (Å²) in [6, 6.07) is 11.7. The van der Waals surface area contributed by atoms with Crippen molar-refractivity contribution in [1.82, 2.24) is 20.0 Å². The number of benzene rings is 1. The lowest BCUT2D eigenvalue weighted by molar-refractivity contribution is -0.146. The van der Waals surface area contributed by atoms with E-state index in [1.807, 2.05) is 41.3 Å². The lowest BCUT2D eigenvalue weighted by Crippen LogP contribution is -2.49. The van der Waals surface area contributed by atoms with Gasteiger partial charge in [0.2, 0.25) is 11.8 Å². The molecule has 1 atom stereocenters. The molecule has 1 aromatic carbocycles. The Morgan fingerprint density at radius 2 is 1.92 bits per heavy atom. The average molecular weight is 508 g/mol. The second-order valence-electron chi connectivity index (χ2n) is 10.2. The van der Waals surface area contributed by atoms with Gasteiger partial charge in [-0.05, 0) is 56.4 Å². The van der Waals surface area contributed by atoms with E-state index in [2.05, 4.69) is 15.1 Å². The molecule has 0 radical (unpaired) electrons. The molecule has 1 unspecified atom stereocenters. The van der Waals surface area contributed by atoms with Crippen LogP contribution in [-0.4, -0.2) is 90.9 Å². The van der Waals surface area contributed by atoms with Crippen molar-refractivity contribution in [2.45, 2.75) is 44.6 Å². The molecule has 3 heterocycles. The number of hydrogen-bond acceptors (Lipinski definition) is 7. The zero-order valence-corrected chi connectivity index (χ0v) is 21.7. The summed E-state index contributed by atoms with van der Waals surface area (Å²) in [5, 5.41) is 8.91. The third-order valence-corrected chi connectivity index (χ3v) is 7.73. The van der Waals surface area contributed by atoms with Crippen LogP contribution in [0.25, 0.3) is 11.3 Å². The van der Waals surface area contributed by atoms with Crippen molar-refractivity contribution in [2.24, 2.45) is 5.92 Å². The second kappa shape index (κ2) is 11.9. The van der Waals surface area contributed by atoms with E-state index >= 15 is 0 Å². The Kier molecular flexibility index (Phi) is 8.18. The highest BCUT2D eigenvalue weighted by molar-refractivity contribution is 5.86. The molecular weight excluding hydrogens is 470 g/mol. The molecule has 198 valence electrons. The third-order valence-electron chi connectivity index (χ3n) is 7.73. The van der Waals surface area contributed by atoms with Gasteiger partial charge in [0.15, 0.2) is 5.82 Å². The first-order valence-electron chi connectivity index (χ1n) is 13.5. The lowest BCUT2D eigenvalue weighted by Gasteiger charge is -2.34. The number of aromatic nitrogens is 2. The normalized spacial score (nSPS) is 20.3. The minimum absolute atomic E-state index is 0.0203. The molecule has 1 aromatic heterocycles. The number of hydrogen-bond donors (Lipinski definition) is 0. The molecule has 0 bridgehead atoms. The SMILES string of the molecule is COc1cccc(-c2ccc(N3CCCN(C(=O)CN(CC4CCCO4)C(=O)C4CCC4)CC3)nn2)c1. The van der Waals surface area contributed by atoms with Gasteiger partial charge in [-0.15, -0.1) is 10.2 Å². The predicted molar refractivity (Wildman–Crippen MR) is 140 cm³/mol. The number of methoxy groups -OCH3 is 1. The second-order valence-corrected chi connectivity index (χ2v) is 10.2. The van der Waals surface area contributed by atoms with Crippen LogP contribution >= 0.6 is 0 Å². The number of rotatable bonds is 8. The molecule has 1 aliphatic carbocycles. The van der Waals surface area contributed by atoms with E-state index in [9.17, 15) is 9.59 Å². The van der Waals surface area contributed by atoms with Gasteiger partial charge < -0.3 is 24.2 Å². The minimum Gasteiger partial charge on any atom is -0.497 e. The van der Waals surface area contributed by atoms with Gasteiger partial charge in [0.1, 0.15) is 5.75 Å². The van der Waals surface area contributed by atoms with E-state index in [0.29, 0.717) is 26.2 Å². The summed E-state index contributed by atoms with van der Waals surface area (Å²) in [7, 11) is 1.65. The van der Waals surface area contributed by atoms with Crippen molar-refractivity contribution in [2.75, 3.05) is 57.9 Å². The fourth-order valence-corrected chi connectivity index (χ4v) is 5.27. The monoisotopic (exact) mass is 507 g/mol. The van der Waals surface area contributed by atoms with Crippen molar-refractivity contribution in [3.63, 3.8) is 0 Å². The summed E-state index contributed by atoms with van der Waals surface area (Å²) >= 11 is 0. The molecule has 3 fully saturated rings. The van der Waals surface area contributed by atoms with Crippen molar-refractivity contribution < 1.29 is 19.1 Å². The van der Waals surface area contributed by atoms with Crippen LogP contribution in [0.4, 0.5) is 5.82 Å². The summed E-state index contributed by atoms with van der Waals surface area (Å²) in [5.41, 5.74) is 1.74. The molecule has 0 spiro atoms. The van der Waals surface area contributed by atoms with E-state index in [0.717, 1.165) is 74.5 Å². The summed E-state index contributed by atoms with van der Waals surface area (Å²) < 4.78 is 11.1. The van der Waals surface area contributed by atoms with Gasteiger partial charge in [-0.1, -0.05) is 18.6 Å². The largest absolute Gasteiger partial charge is 0.497 e. The Morgan fingerprint density at radius 3 is 2.62 bits per heavy atom. The van der Waals surface area contributed by atoms with Crippen LogP contribution in [0.5, 0.6) is 5.75 Å². The summed E-state index contributed by atoms with van der Waals surface area (Å²) in [6.45, 7) is 4.17. The Balaban J connectivity index is 1.18. The van der Waals surface area contributed by atoms with Crippen LogP contribution < -0.4 is 9.64 Å². The van der Waals surface area contributed by atoms with E-state index in [-0.39, 0.29) is 30.4 Å². The van der Waals surface area contributed by atoms with Crippen molar-refractivity contribution in [3.8, 4) is 17.0 Å². The number of amides is 2. The first-order chi connectivity index (χ1) is 18.1. The summed E-state index contributed by atoms with van der Waals surface area (Å²) in [6.07, 6.45) is 5.84. The minimum atomic E-state index is 0.0203. The van der Waals surface area contributed by atoms with E-state index < -0.39 is 0 Å². The van der Waals surface area contributed by atoms with E-state index in [1.54, 1.807) is 12.0 Å². The van der Waals surface area contributed by atoms with Gasteiger partial charge in [-0.2, -0.15) is 0 Å². The number of carbonyl (C=O) groups is 2. The first-order valence-corrected chi connectivity index (χ1v) is 13.5. The molecule has 3 aliphatic rings. The summed E-state index contributed by atoms with van der Waals surface area (Å²) in [4.78, 5) is 32.2. The molecular formula is C28H37N5O4. The molecule has 2 saturated heterocycles. The van der Waals surface area contributed by atoms with Crippen LogP contribution in [-0.2, 0) is 14.3 Å². The Labute approximate surface area is 218 Å². The third kappa shape index (κ3) is 6.21. The average Bonchev–Trinajstić information content (AvgIpc) is 3.28. The lowest BCUT2D eigenvalue weighted by atomic mass is 9.84. The fraction of sp³-hybridized carbons (Fsp3) is 0.571. The molecule has 1 saturated carbocycles. The summed E-state index contributed by atoms with van der Waals surface area (Å²) in [5.74, 6) is 1.81. The van der Waals surface area contributed by atoms with Gasteiger partial charge in [-0.25, -0.2) is 0 Å². The van der Waals surface area contributed by atoms with Crippen molar-refractivity contribution >= 4 is 17.6 Å². The van der Waals surface area contributed by atoms with Crippen LogP contribution in [0, 0.1) is 5.92 Å². The molecule has 0 N–H and O–H groups in total. The van der Waals surface area contributed by atoms with Gasteiger partial charge in [0.05, 0.1) is 25.5 Å². The zero-order chi connectivity index (χ0) is 25.6. The predicted octanol–water partition coefficient (Wildman–Crippen LogP) is 3.00. The molecule has 9 heteroatoms. The molecule has 37 heavy (non-hydrogen) atoms. The van der Waals surface area contributed by atoms with Crippen LogP contribution in [0.3, 0.4) is 0 Å². The van der Waals surface area contributed by atoms with Crippen LogP contribution in [0.2, 0.25) is 0 Å². The number of carbonyl (C=O) groups excluding carboxylic acids is 2. The number of ether oxygens (including phenoxy) is 2. The van der Waals surface area contributed by atoms with Crippen LogP contribution in [0.1, 0.15) is 38.5 Å². The van der Waals surface area contributed by atoms with Crippen LogP contribution in [0.15, 0.2) is 36.4 Å². The Hall–Kier alpha value is -3.20. The maximum absolute atomic E-state index is 13.3. The van der Waals surface area contributed by atoms with E-state index in [1.165, 1.54) is 0 Å². The van der Waals surface area contributed by atoms with E-state index in [4.69, 9.17) is 9.47 Å². The highest BCUT2D eigenvalue weighted by Gasteiger charge is 2.33. The fourth-order valence-electron chi connectivity index (χ4n) is 5.27. The molecule has 2 aliphatic heterocycles. The topological polar surface area (TPSA) is 88.1 Å². The van der Waals surface area contributed by atoms with Gasteiger partial charge in [-0.3, -0.25) is 9.59 Å². The number of anilines is 1. The van der Waals surface area contributed by atoms with Crippen molar-refractivity contribution in [3.05, 3.63) is 36.4 Å². The Morgan fingerprint density at radius 1 is 1.03 bits per heavy atom. The first kappa shape index (κ1) is 25.4. The van der Waals surface area contributed by atoms with Crippen molar-refractivity contribution in [1.29, 1.82) is 0 Å². The standard InChI is InChI=1S/C28H37N5O4/c1-36-23-9-3-8-22(18-23)25-11-12-26(30-29-25)31-13-5-14-32(16-15-31)27(34)20-33(19-24-10-4-17-37-24)28(35)21-6-2-7-21/h3,8-9,11-12,18,21,24H,2,4-7,10,13-17,19-20H2,1H3.